The Bertz CT molecular complexity index is 2540. The molecule has 2 aromatic carbocycles. The SMILES string of the molecule is CC(=O)C=O.Cc1cnc(-c2cc(Oc3ccc4nc(NCC5CCCCC5)oc4c3)ccn2)[nH]1.N.O.O=Cc1cc(Oc2ccc3nc(NCC4CCCCC4)oc3c2)ccn1. The van der Waals surface area contributed by atoms with Crippen LogP contribution in [0.3, 0.4) is 0 Å². The number of carbonyl (C=O) groups is 3. The molecular formula is C46H55N9O8. The summed E-state index contributed by atoms with van der Waals surface area (Å²) >= 11 is 0. The molecule has 5 aromatic heterocycles. The standard InChI is InChI=1S/C23H25N5O2.C20H21N3O3.C3H4O2.H3N.H2O/c1-15-13-25-22(27-15)20-11-18(9-10-24-20)29-17-7-8-19-21(12-17)30-23(28-19)26-14-16-5-3-2-4-6-16;24-13-15-10-17(8-9-21-15)25-16-6-7-18-19(11-16)26-20(23-18)22-12-14-4-2-1-3-5-14;1-3(5)2-4;;/h7-13,16H,2-6,14H2,1H3,(H,25,27)(H,26,28);6-11,13-14H,1-5,12H2,(H,22,23);2H,1H3;1H3;1H2. The quantitative estimate of drug-likeness (QED) is 0.0621. The molecule has 5 heterocycles. The molecule has 63 heavy (non-hydrogen) atoms. The minimum absolute atomic E-state index is 0. The molecule has 332 valence electrons. The fourth-order valence-corrected chi connectivity index (χ4v) is 7.31. The molecule has 2 saturated carbocycles. The molecule has 9 rings (SSSR count). The number of aromatic amines is 1. The number of rotatable bonds is 13. The molecule has 0 atom stereocenters. The van der Waals surface area contributed by atoms with Crippen LogP contribution in [-0.4, -0.2) is 66.8 Å². The highest BCUT2D eigenvalue weighted by Crippen LogP contribution is 2.31. The predicted molar refractivity (Wildman–Crippen MR) is 240 cm³/mol. The van der Waals surface area contributed by atoms with Crippen molar-refractivity contribution >= 4 is 52.6 Å². The monoisotopic (exact) mass is 861 g/mol. The van der Waals surface area contributed by atoms with E-state index in [-0.39, 0.29) is 17.9 Å². The van der Waals surface area contributed by atoms with Gasteiger partial charge in [0.2, 0.25) is 0 Å². The Kier molecular flexibility index (Phi) is 17.4. The molecule has 17 nitrogen and oxygen atoms in total. The van der Waals surface area contributed by atoms with Crippen LogP contribution in [0.4, 0.5) is 12.0 Å². The molecule has 0 spiro atoms. The highest BCUT2D eigenvalue weighted by Gasteiger charge is 2.17. The molecule has 8 N–H and O–H groups in total. The molecular weight excluding hydrogens is 807 g/mol. The molecule has 7 aromatic rings. The number of Topliss-reactive ketones (excluding diaryl/α,β-unsaturated/α-hetero) is 1. The van der Waals surface area contributed by atoms with Crippen LogP contribution in [0, 0.1) is 18.8 Å². The second-order valence-electron chi connectivity index (χ2n) is 15.3. The van der Waals surface area contributed by atoms with Crippen LogP contribution in [-0.2, 0) is 9.59 Å². The van der Waals surface area contributed by atoms with Gasteiger partial charge >= 0.3 is 0 Å². The Morgan fingerprint density at radius 1 is 0.714 bits per heavy atom. The summed E-state index contributed by atoms with van der Waals surface area (Å²) in [6, 6.07) is 19.3. The van der Waals surface area contributed by atoms with Crippen molar-refractivity contribution in [3.63, 3.8) is 0 Å². The molecule has 0 unspecified atom stereocenters. The zero-order valence-corrected chi connectivity index (χ0v) is 35.6. The lowest BCUT2D eigenvalue weighted by molar-refractivity contribution is -0.128. The molecule has 0 bridgehead atoms. The zero-order chi connectivity index (χ0) is 42.4. The Morgan fingerprint density at radius 2 is 1.21 bits per heavy atom. The van der Waals surface area contributed by atoms with E-state index in [1.165, 1.54) is 71.1 Å². The summed E-state index contributed by atoms with van der Waals surface area (Å²) in [7, 11) is 0. The van der Waals surface area contributed by atoms with Crippen LogP contribution in [0.1, 0.15) is 87.3 Å². The van der Waals surface area contributed by atoms with Gasteiger partial charge in [0.05, 0.1) is 0 Å². The number of hydrogen-bond acceptors (Lipinski definition) is 15. The van der Waals surface area contributed by atoms with Gasteiger partial charge in [-0.3, -0.25) is 24.4 Å². The smallest absolute Gasteiger partial charge is 0.295 e. The Hall–Kier alpha value is -6.98. The maximum Gasteiger partial charge on any atom is 0.295 e. The summed E-state index contributed by atoms with van der Waals surface area (Å²) < 4.78 is 23.5. The molecule has 2 aliphatic rings. The third kappa shape index (κ3) is 13.8. The molecule has 0 amide bonds. The van der Waals surface area contributed by atoms with Crippen molar-refractivity contribution in [1.29, 1.82) is 0 Å². The van der Waals surface area contributed by atoms with E-state index in [1.807, 2.05) is 49.4 Å². The first-order valence-corrected chi connectivity index (χ1v) is 20.8. The van der Waals surface area contributed by atoms with Crippen LogP contribution in [0.15, 0.2) is 88.1 Å². The summed E-state index contributed by atoms with van der Waals surface area (Å²) in [5.41, 5.74) is 5.02. The predicted octanol–water partition coefficient (Wildman–Crippen LogP) is 9.64. The third-order valence-corrected chi connectivity index (χ3v) is 10.4. The zero-order valence-electron chi connectivity index (χ0n) is 35.6. The van der Waals surface area contributed by atoms with E-state index in [1.54, 1.807) is 36.8 Å². The van der Waals surface area contributed by atoms with Gasteiger partial charge in [-0.15, -0.1) is 0 Å². The van der Waals surface area contributed by atoms with Gasteiger partial charge < -0.3 is 45.6 Å². The number of oxazole rings is 2. The largest absolute Gasteiger partial charge is 0.457 e. The van der Waals surface area contributed by atoms with Gasteiger partial charge in [-0.25, -0.2) is 4.98 Å². The number of imidazole rings is 1. The van der Waals surface area contributed by atoms with Crippen molar-refractivity contribution in [2.24, 2.45) is 11.8 Å². The molecule has 0 radical (unpaired) electrons. The van der Waals surface area contributed by atoms with Crippen LogP contribution in [0.2, 0.25) is 0 Å². The van der Waals surface area contributed by atoms with E-state index in [0.29, 0.717) is 70.0 Å². The molecule has 0 saturated heterocycles. The fraction of sp³-hybridized carbons (Fsp3) is 0.348. The number of benzene rings is 2. The van der Waals surface area contributed by atoms with Crippen LogP contribution in [0.25, 0.3) is 33.7 Å². The van der Waals surface area contributed by atoms with Gasteiger partial charge in [0, 0.05) is 68.6 Å². The second-order valence-corrected chi connectivity index (χ2v) is 15.3. The van der Waals surface area contributed by atoms with Gasteiger partial charge in [0.25, 0.3) is 12.0 Å². The normalized spacial score (nSPS) is 13.8. The average molecular weight is 862 g/mol. The topological polar surface area (TPSA) is 267 Å². The van der Waals surface area contributed by atoms with Crippen molar-refractivity contribution in [2.75, 3.05) is 23.7 Å². The Balaban J connectivity index is 0.000000210. The Morgan fingerprint density at radius 3 is 1.68 bits per heavy atom. The number of H-pyrrole nitrogens is 1. The van der Waals surface area contributed by atoms with E-state index in [9.17, 15) is 9.59 Å². The molecule has 2 fully saturated rings. The number of ether oxygens (including phenoxy) is 2. The number of nitrogens with zero attached hydrogens (tertiary/aromatic N) is 5. The van der Waals surface area contributed by atoms with Crippen molar-refractivity contribution in [1.82, 2.24) is 36.1 Å². The molecule has 2 aliphatic carbocycles. The van der Waals surface area contributed by atoms with E-state index in [2.05, 4.69) is 40.5 Å². The summed E-state index contributed by atoms with van der Waals surface area (Å²) in [6.07, 6.45) is 19.2. The van der Waals surface area contributed by atoms with Gasteiger partial charge in [-0.2, -0.15) is 9.97 Å². The average Bonchev–Trinajstić information content (AvgIpc) is 4.04. The first-order valence-electron chi connectivity index (χ1n) is 20.8. The van der Waals surface area contributed by atoms with Crippen LogP contribution >= 0.6 is 0 Å². The first-order chi connectivity index (χ1) is 29.8. The number of carbonyl (C=O) groups excluding carboxylic acids is 3. The lowest BCUT2D eigenvalue weighted by Crippen LogP contribution is -2.17. The number of hydrogen-bond donors (Lipinski definition) is 4. The highest BCUT2D eigenvalue weighted by atomic mass is 16.5. The number of ketones is 1. The molecule has 17 heteroatoms. The molecule has 0 aliphatic heterocycles. The second kappa shape index (κ2) is 23.3. The van der Waals surface area contributed by atoms with E-state index >= 15 is 0 Å². The van der Waals surface area contributed by atoms with Gasteiger partial charge in [0.15, 0.2) is 35.3 Å². The number of pyridine rings is 2. The fourth-order valence-electron chi connectivity index (χ4n) is 7.31. The van der Waals surface area contributed by atoms with E-state index in [4.69, 9.17) is 23.1 Å². The number of anilines is 2. The van der Waals surface area contributed by atoms with E-state index < -0.39 is 5.78 Å². The van der Waals surface area contributed by atoms with Crippen molar-refractivity contribution in [2.45, 2.75) is 78.1 Å². The summed E-state index contributed by atoms with van der Waals surface area (Å²) in [5, 5.41) is 6.69. The van der Waals surface area contributed by atoms with Crippen molar-refractivity contribution in [3.05, 3.63) is 90.6 Å². The first kappa shape index (κ1) is 47.1. The van der Waals surface area contributed by atoms with Crippen molar-refractivity contribution in [3.8, 4) is 34.5 Å². The van der Waals surface area contributed by atoms with Crippen molar-refractivity contribution < 1.29 is 38.2 Å². The number of aromatic nitrogens is 6. The number of aryl methyl sites for hydroxylation is 1. The van der Waals surface area contributed by atoms with Gasteiger partial charge in [-0.1, -0.05) is 38.5 Å². The van der Waals surface area contributed by atoms with Gasteiger partial charge in [-0.05, 0) is 80.8 Å². The third-order valence-electron chi connectivity index (χ3n) is 10.4. The number of fused-ring (bicyclic) bond motifs is 2. The maximum atomic E-state index is 10.8. The Labute approximate surface area is 364 Å². The maximum absolute atomic E-state index is 10.8. The summed E-state index contributed by atoms with van der Waals surface area (Å²) in [6.45, 7) is 5.00. The van der Waals surface area contributed by atoms with Gasteiger partial charge in [0.1, 0.15) is 45.4 Å². The van der Waals surface area contributed by atoms with Crippen LogP contribution < -0.4 is 26.3 Å². The van der Waals surface area contributed by atoms with Crippen LogP contribution in [0.5, 0.6) is 23.0 Å². The lowest BCUT2D eigenvalue weighted by atomic mass is 9.89. The minimum atomic E-state index is -0.426. The summed E-state index contributed by atoms with van der Waals surface area (Å²) in [4.78, 5) is 54.2. The number of aldehydes is 2. The summed E-state index contributed by atoms with van der Waals surface area (Å²) in [5.74, 6) is 4.26. The lowest BCUT2D eigenvalue weighted by Gasteiger charge is -2.21. The number of nitrogens with one attached hydrogen (secondary N) is 3. The highest BCUT2D eigenvalue weighted by molar-refractivity contribution is 6.23. The minimum Gasteiger partial charge on any atom is -0.457 e. The van der Waals surface area contributed by atoms with E-state index in [0.717, 1.165) is 41.3 Å².